The second-order valence-corrected chi connectivity index (χ2v) is 7.54. The molecule has 156 valence electrons. The minimum atomic E-state index is -0.311. The molecule has 0 bridgehead atoms. The van der Waals surface area contributed by atoms with Crippen LogP contribution in [-0.2, 0) is 9.53 Å². The molecule has 7 heteroatoms. The second-order valence-electron chi connectivity index (χ2n) is 7.54. The van der Waals surface area contributed by atoms with E-state index >= 15 is 0 Å². The Bertz CT molecular complexity index is 936. The number of carbonyl (C=O) groups is 3. The average molecular weight is 407 g/mol. The monoisotopic (exact) mass is 407 g/mol. The number of rotatable bonds is 6. The fourth-order valence-corrected chi connectivity index (χ4v) is 3.81. The average Bonchev–Trinajstić information content (AvgIpc) is 3.44. The fourth-order valence-electron chi connectivity index (χ4n) is 3.81. The third-order valence-corrected chi connectivity index (χ3v) is 5.45. The minimum Gasteiger partial charge on any atom is -0.376 e. The van der Waals surface area contributed by atoms with E-state index in [0.29, 0.717) is 36.3 Å². The van der Waals surface area contributed by atoms with Crippen molar-refractivity contribution >= 4 is 29.1 Å². The van der Waals surface area contributed by atoms with Gasteiger partial charge in [0.25, 0.3) is 11.8 Å². The van der Waals surface area contributed by atoms with Crippen molar-refractivity contribution in [1.82, 2.24) is 5.32 Å². The zero-order valence-electron chi connectivity index (χ0n) is 16.7. The highest BCUT2D eigenvalue weighted by Gasteiger charge is 2.22. The van der Waals surface area contributed by atoms with Gasteiger partial charge in [0.05, 0.1) is 17.4 Å². The van der Waals surface area contributed by atoms with Crippen LogP contribution >= 0.6 is 0 Å². The van der Waals surface area contributed by atoms with Crippen LogP contribution in [0.3, 0.4) is 0 Å². The molecule has 3 amide bonds. The Morgan fingerprint density at radius 2 is 1.83 bits per heavy atom. The number of hydrogen-bond acceptors (Lipinski definition) is 4. The van der Waals surface area contributed by atoms with Gasteiger partial charge in [0.15, 0.2) is 0 Å². The van der Waals surface area contributed by atoms with Crippen LogP contribution in [0.1, 0.15) is 46.4 Å². The first-order valence-corrected chi connectivity index (χ1v) is 10.3. The highest BCUT2D eigenvalue weighted by Crippen LogP contribution is 2.22. The number of carbonyl (C=O) groups excluding carboxylic acids is 3. The van der Waals surface area contributed by atoms with Gasteiger partial charge < -0.3 is 20.3 Å². The van der Waals surface area contributed by atoms with Crippen molar-refractivity contribution in [2.45, 2.75) is 31.8 Å². The van der Waals surface area contributed by atoms with Crippen molar-refractivity contribution in [3.63, 3.8) is 0 Å². The summed E-state index contributed by atoms with van der Waals surface area (Å²) in [6, 6.07) is 13.9. The standard InChI is InChI=1S/C23H25N3O4/c27-21-8-3-13-26(21)17-11-9-16(10-12-17)22(28)25-20-7-2-1-6-19(20)23(29)24-15-18-5-4-14-30-18/h1-2,6-7,9-12,18H,3-5,8,13-15H2,(H,24,29)(H,25,28). The first-order valence-electron chi connectivity index (χ1n) is 10.3. The summed E-state index contributed by atoms with van der Waals surface area (Å²) in [5.41, 5.74) is 2.11. The number of anilines is 2. The molecule has 1 unspecified atom stereocenters. The molecule has 2 aliphatic heterocycles. The summed E-state index contributed by atoms with van der Waals surface area (Å²) < 4.78 is 5.54. The van der Waals surface area contributed by atoms with Crippen molar-refractivity contribution in [2.24, 2.45) is 0 Å². The number of para-hydroxylation sites is 1. The van der Waals surface area contributed by atoms with Crippen LogP contribution in [0.2, 0.25) is 0 Å². The molecule has 30 heavy (non-hydrogen) atoms. The molecule has 2 heterocycles. The molecule has 4 rings (SSSR count). The lowest BCUT2D eigenvalue weighted by Gasteiger charge is -2.16. The quantitative estimate of drug-likeness (QED) is 0.771. The van der Waals surface area contributed by atoms with Crippen molar-refractivity contribution in [2.75, 3.05) is 29.9 Å². The van der Waals surface area contributed by atoms with Gasteiger partial charge in [0.2, 0.25) is 5.91 Å². The van der Waals surface area contributed by atoms with E-state index in [4.69, 9.17) is 4.74 Å². The van der Waals surface area contributed by atoms with Crippen LogP contribution in [0.25, 0.3) is 0 Å². The van der Waals surface area contributed by atoms with Gasteiger partial charge in [-0.05, 0) is 55.7 Å². The van der Waals surface area contributed by atoms with Crippen LogP contribution < -0.4 is 15.5 Å². The van der Waals surface area contributed by atoms with E-state index in [2.05, 4.69) is 10.6 Å². The van der Waals surface area contributed by atoms with Gasteiger partial charge in [-0.15, -0.1) is 0 Å². The molecule has 2 aromatic rings. The summed E-state index contributed by atoms with van der Waals surface area (Å²) in [4.78, 5) is 38.9. The Morgan fingerprint density at radius 1 is 1.03 bits per heavy atom. The molecule has 0 aromatic heterocycles. The Kier molecular flexibility index (Phi) is 6.09. The lowest BCUT2D eigenvalue weighted by molar-refractivity contribution is -0.117. The predicted molar refractivity (Wildman–Crippen MR) is 114 cm³/mol. The summed E-state index contributed by atoms with van der Waals surface area (Å²) >= 11 is 0. The molecular weight excluding hydrogens is 382 g/mol. The second kappa shape index (κ2) is 9.09. The van der Waals surface area contributed by atoms with Crippen LogP contribution in [0.4, 0.5) is 11.4 Å². The third kappa shape index (κ3) is 4.52. The Balaban J connectivity index is 1.41. The SMILES string of the molecule is O=C(Nc1ccccc1C(=O)NCC1CCCO1)c1ccc(N2CCCC2=O)cc1. The van der Waals surface area contributed by atoms with Crippen LogP contribution in [0, 0.1) is 0 Å². The van der Waals surface area contributed by atoms with Crippen molar-refractivity contribution in [3.8, 4) is 0 Å². The highest BCUT2D eigenvalue weighted by atomic mass is 16.5. The highest BCUT2D eigenvalue weighted by molar-refractivity contribution is 6.09. The molecule has 0 saturated carbocycles. The Labute approximate surface area is 175 Å². The van der Waals surface area contributed by atoms with Gasteiger partial charge in [-0.1, -0.05) is 12.1 Å². The van der Waals surface area contributed by atoms with E-state index in [1.807, 2.05) is 0 Å². The minimum absolute atomic E-state index is 0.0525. The lowest BCUT2D eigenvalue weighted by Crippen LogP contribution is -2.32. The van der Waals surface area contributed by atoms with E-state index < -0.39 is 0 Å². The molecule has 2 aromatic carbocycles. The number of nitrogens with zero attached hydrogens (tertiary/aromatic N) is 1. The first kappa shape index (κ1) is 20.1. The molecule has 0 radical (unpaired) electrons. The molecule has 2 N–H and O–H groups in total. The van der Waals surface area contributed by atoms with E-state index in [0.717, 1.165) is 31.6 Å². The topological polar surface area (TPSA) is 87.7 Å². The van der Waals surface area contributed by atoms with Gasteiger partial charge in [-0.25, -0.2) is 0 Å². The summed E-state index contributed by atoms with van der Waals surface area (Å²) in [5, 5.41) is 5.71. The summed E-state index contributed by atoms with van der Waals surface area (Å²) in [6.07, 6.45) is 3.42. The van der Waals surface area contributed by atoms with Gasteiger partial charge in [0.1, 0.15) is 0 Å². The van der Waals surface area contributed by atoms with E-state index in [9.17, 15) is 14.4 Å². The number of ether oxygens (including phenoxy) is 1. The third-order valence-electron chi connectivity index (χ3n) is 5.45. The van der Waals surface area contributed by atoms with Gasteiger partial charge in [-0.3, -0.25) is 14.4 Å². The summed E-state index contributed by atoms with van der Waals surface area (Å²) in [6.45, 7) is 1.90. The van der Waals surface area contributed by atoms with Crippen molar-refractivity contribution < 1.29 is 19.1 Å². The van der Waals surface area contributed by atoms with Crippen LogP contribution in [0.15, 0.2) is 48.5 Å². The summed E-state index contributed by atoms with van der Waals surface area (Å²) in [7, 11) is 0. The number of amides is 3. The van der Waals surface area contributed by atoms with Crippen molar-refractivity contribution in [3.05, 3.63) is 59.7 Å². The van der Waals surface area contributed by atoms with Gasteiger partial charge >= 0.3 is 0 Å². The molecule has 2 fully saturated rings. The maximum absolute atomic E-state index is 12.7. The molecule has 2 aliphatic rings. The van der Waals surface area contributed by atoms with E-state index in [-0.39, 0.29) is 23.8 Å². The lowest BCUT2D eigenvalue weighted by atomic mass is 10.1. The fraction of sp³-hybridized carbons (Fsp3) is 0.348. The predicted octanol–water partition coefficient (Wildman–Crippen LogP) is 2.97. The number of nitrogens with one attached hydrogen (secondary N) is 2. The maximum Gasteiger partial charge on any atom is 0.255 e. The zero-order chi connectivity index (χ0) is 20.9. The maximum atomic E-state index is 12.7. The molecule has 0 spiro atoms. The van der Waals surface area contributed by atoms with Crippen LogP contribution in [0.5, 0.6) is 0 Å². The number of hydrogen-bond donors (Lipinski definition) is 2. The molecular formula is C23H25N3O4. The molecule has 0 aliphatic carbocycles. The Hall–Kier alpha value is -3.19. The molecule has 2 saturated heterocycles. The normalized spacial score (nSPS) is 18.5. The van der Waals surface area contributed by atoms with E-state index in [1.54, 1.807) is 53.4 Å². The van der Waals surface area contributed by atoms with Gasteiger partial charge in [0, 0.05) is 37.4 Å². The number of benzene rings is 2. The first-order chi connectivity index (χ1) is 14.6. The smallest absolute Gasteiger partial charge is 0.255 e. The molecule has 1 atom stereocenters. The summed E-state index contributed by atoms with van der Waals surface area (Å²) in [5.74, 6) is -0.451. The van der Waals surface area contributed by atoms with Crippen LogP contribution in [-0.4, -0.2) is 43.5 Å². The largest absolute Gasteiger partial charge is 0.376 e. The van der Waals surface area contributed by atoms with Gasteiger partial charge in [-0.2, -0.15) is 0 Å². The molecule has 7 nitrogen and oxygen atoms in total. The zero-order valence-corrected chi connectivity index (χ0v) is 16.7. The van der Waals surface area contributed by atoms with E-state index in [1.165, 1.54) is 0 Å². The Morgan fingerprint density at radius 3 is 2.53 bits per heavy atom. The van der Waals surface area contributed by atoms with Crippen molar-refractivity contribution in [1.29, 1.82) is 0 Å².